The Labute approximate surface area is 121 Å². The van der Waals surface area contributed by atoms with Crippen molar-refractivity contribution in [3.63, 3.8) is 0 Å². The van der Waals surface area contributed by atoms with Gasteiger partial charge in [0.05, 0.1) is 12.3 Å². The highest BCUT2D eigenvalue weighted by atomic mass is 32.2. The maximum Gasteiger partial charge on any atom is 0.343 e. The Balaban J connectivity index is 1.95. The van der Waals surface area contributed by atoms with Crippen molar-refractivity contribution in [3.05, 3.63) is 34.1 Å². The van der Waals surface area contributed by atoms with Gasteiger partial charge < -0.3 is 9.73 Å². The van der Waals surface area contributed by atoms with Crippen LogP contribution in [0.15, 0.2) is 26.5 Å². The first-order valence-corrected chi connectivity index (χ1v) is 7.79. The Morgan fingerprint density at radius 1 is 1.40 bits per heavy atom. The van der Waals surface area contributed by atoms with Crippen LogP contribution in [-0.2, 0) is 18.8 Å². The Kier molecular flexibility index (Phi) is 5.49. The minimum absolute atomic E-state index is 0.151. The van der Waals surface area contributed by atoms with Crippen LogP contribution in [-0.4, -0.2) is 21.3 Å². The van der Waals surface area contributed by atoms with Gasteiger partial charge in [0.2, 0.25) is 0 Å². The molecule has 0 aromatic carbocycles. The molecule has 2 heterocycles. The van der Waals surface area contributed by atoms with E-state index in [1.807, 2.05) is 19.1 Å². The van der Waals surface area contributed by atoms with Crippen LogP contribution >= 0.6 is 11.8 Å². The molecule has 0 atom stereocenters. The maximum absolute atomic E-state index is 11.6. The zero-order valence-electron chi connectivity index (χ0n) is 11.8. The van der Waals surface area contributed by atoms with E-state index in [-0.39, 0.29) is 5.69 Å². The summed E-state index contributed by atoms with van der Waals surface area (Å²) in [5.41, 5.74) is -0.151. The van der Waals surface area contributed by atoms with E-state index >= 15 is 0 Å². The molecule has 0 spiro atoms. The number of nitrogens with zero attached hydrogens (tertiary/aromatic N) is 2. The largest absolute Gasteiger partial charge is 0.464 e. The smallest absolute Gasteiger partial charge is 0.343 e. The van der Waals surface area contributed by atoms with E-state index in [1.165, 1.54) is 11.8 Å². The van der Waals surface area contributed by atoms with Gasteiger partial charge in [0.25, 0.3) is 0 Å². The van der Waals surface area contributed by atoms with Gasteiger partial charge >= 0.3 is 5.69 Å². The molecule has 0 saturated heterocycles. The first-order chi connectivity index (χ1) is 9.74. The molecule has 6 nitrogen and oxygen atoms in total. The number of aromatic nitrogens is 3. The normalized spacial score (nSPS) is 11.1. The van der Waals surface area contributed by atoms with E-state index in [2.05, 4.69) is 22.4 Å². The fourth-order valence-corrected chi connectivity index (χ4v) is 2.68. The Morgan fingerprint density at radius 2 is 2.20 bits per heavy atom. The summed E-state index contributed by atoms with van der Waals surface area (Å²) in [4.78, 5) is 11.6. The molecule has 0 fully saturated rings. The van der Waals surface area contributed by atoms with Gasteiger partial charge in [-0.2, -0.15) is 0 Å². The first-order valence-electron chi connectivity index (χ1n) is 6.80. The predicted molar refractivity (Wildman–Crippen MR) is 78.8 cm³/mol. The molecule has 0 unspecified atom stereocenters. The third kappa shape index (κ3) is 3.77. The molecule has 2 rings (SSSR count). The highest BCUT2D eigenvalue weighted by molar-refractivity contribution is 7.98. The molecule has 0 aliphatic rings. The maximum atomic E-state index is 11.6. The summed E-state index contributed by atoms with van der Waals surface area (Å²) >= 11 is 1.50. The third-order valence-electron chi connectivity index (χ3n) is 2.78. The second-order valence-corrected chi connectivity index (χ2v) is 5.34. The second kappa shape index (κ2) is 7.35. The number of aromatic amines is 1. The number of hydrogen-bond acceptors (Lipinski definition) is 5. The lowest BCUT2D eigenvalue weighted by Gasteiger charge is -2.02. The van der Waals surface area contributed by atoms with Gasteiger partial charge in [-0.05, 0) is 25.1 Å². The summed E-state index contributed by atoms with van der Waals surface area (Å²) in [5, 5.41) is 10.5. The molecule has 7 heteroatoms. The lowest BCUT2D eigenvalue weighted by Crippen LogP contribution is -2.17. The molecule has 0 radical (unpaired) electrons. The number of nitrogens with one attached hydrogen (secondary N) is 2. The van der Waals surface area contributed by atoms with Crippen LogP contribution in [0.25, 0.3) is 0 Å². The van der Waals surface area contributed by atoms with Gasteiger partial charge in [0.1, 0.15) is 11.5 Å². The van der Waals surface area contributed by atoms with E-state index in [0.717, 1.165) is 31.0 Å². The third-order valence-corrected chi connectivity index (χ3v) is 3.78. The van der Waals surface area contributed by atoms with E-state index < -0.39 is 0 Å². The van der Waals surface area contributed by atoms with Gasteiger partial charge in [-0.1, -0.05) is 25.6 Å². The summed E-state index contributed by atoms with van der Waals surface area (Å²) in [7, 11) is 0. The van der Waals surface area contributed by atoms with Gasteiger partial charge in [-0.25, -0.2) is 9.89 Å². The van der Waals surface area contributed by atoms with Crippen molar-refractivity contribution in [2.45, 2.75) is 44.3 Å². The number of hydrogen-bond donors (Lipinski definition) is 2. The van der Waals surface area contributed by atoms with Crippen LogP contribution in [0.2, 0.25) is 0 Å². The summed E-state index contributed by atoms with van der Waals surface area (Å²) < 4.78 is 7.37. The summed E-state index contributed by atoms with van der Waals surface area (Å²) in [5.74, 6) is 2.48. The van der Waals surface area contributed by atoms with Crippen LogP contribution in [0, 0.1) is 0 Å². The molecule has 0 aliphatic heterocycles. The van der Waals surface area contributed by atoms with Crippen molar-refractivity contribution in [1.29, 1.82) is 0 Å². The van der Waals surface area contributed by atoms with Gasteiger partial charge in [-0.15, -0.1) is 5.10 Å². The van der Waals surface area contributed by atoms with Crippen LogP contribution in [0.3, 0.4) is 0 Å². The highest BCUT2D eigenvalue weighted by Crippen LogP contribution is 2.21. The molecule has 20 heavy (non-hydrogen) atoms. The van der Waals surface area contributed by atoms with Crippen LogP contribution in [0.1, 0.15) is 31.8 Å². The molecule has 0 bridgehead atoms. The molecule has 2 N–H and O–H groups in total. The van der Waals surface area contributed by atoms with E-state index in [9.17, 15) is 4.79 Å². The first kappa shape index (κ1) is 14.9. The van der Waals surface area contributed by atoms with Crippen molar-refractivity contribution in [2.24, 2.45) is 0 Å². The van der Waals surface area contributed by atoms with Crippen molar-refractivity contribution >= 4 is 11.8 Å². The van der Waals surface area contributed by atoms with Crippen LogP contribution in [0.5, 0.6) is 0 Å². The zero-order valence-corrected chi connectivity index (χ0v) is 12.6. The summed E-state index contributed by atoms with van der Waals surface area (Å²) in [6.45, 7) is 6.44. The lowest BCUT2D eigenvalue weighted by atomic mass is 10.4. The number of thioether (sulfide) groups is 1. The Morgan fingerprint density at radius 3 is 2.95 bits per heavy atom. The molecule has 0 aliphatic carbocycles. The summed E-state index contributed by atoms with van der Waals surface area (Å²) in [6, 6.07) is 3.94. The zero-order chi connectivity index (χ0) is 14.4. The topological polar surface area (TPSA) is 75.8 Å². The van der Waals surface area contributed by atoms with Crippen molar-refractivity contribution in [2.75, 3.05) is 6.54 Å². The molecular formula is C13H20N4O2S. The highest BCUT2D eigenvalue weighted by Gasteiger charge is 2.09. The SMILES string of the molecule is CCCn1c(SCc2ccc(CNCC)o2)n[nH]c1=O. The molecule has 2 aromatic heterocycles. The van der Waals surface area contributed by atoms with Crippen LogP contribution < -0.4 is 11.0 Å². The molecular weight excluding hydrogens is 276 g/mol. The molecule has 0 amide bonds. The minimum Gasteiger partial charge on any atom is -0.464 e. The molecule has 0 saturated carbocycles. The van der Waals surface area contributed by atoms with Crippen molar-refractivity contribution in [1.82, 2.24) is 20.1 Å². The minimum atomic E-state index is -0.151. The lowest BCUT2D eigenvalue weighted by molar-refractivity contribution is 0.462. The van der Waals surface area contributed by atoms with E-state index in [4.69, 9.17) is 4.42 Å². The van der Waals surface area contributed by atoms with Crippen molar-refractivity contribution < 1.29 is 4.42 Å². The van der Waals surface area contributed by atoms with Gasteiger partial charge in [-0.3, -0.25) is 4.57 Å². The Bertz CT molecular complexity index is 587. The van der Waals surface area contributed by atoms with Crippen molar-refractivity contribution in [3.8, 4) is 0 Å². The monoisotopic (exact) mass is 296 g/mol. The molecule has 2 aromatic rings. The van der Waals surface area contributed by atoms with Gasteiger partial charge in [0.15, 0.2) is 5.16 Å². The fourth-order valence-electron chi connectivity index (χ4n) is 1.81. The number of furan rings is 1. The Hall–Kier alpha value is -1.47. The fraction of sp³-hybridized carbons (Fsp3) is 0.538. The quantitative estimate of drug-likeness (QED) is 0.728. The van der Waals surface area contributed by atoms with E-state index in [0.29, 0.717) is 17.5 Å². The number of H-pyrrole nitrogens is 1. The van der Waals surface area contributed by atoms with E-state index in [1.54, 1.807) is 4.57 Å². The average Bonchev–Trinajstić information content (AvgIpc) is 3.03. The predicted octanol–water partition coefficient (Wildman–Crippen LogP) is 1.98. The summed E-state index contributed by atoms with van der Waals surface area (Å²) in [6.07, 6.45) is 0.903. The number of rotatable bonds is 8. The average molecular weight is 296 g/mol. The van der Waals surface area contributed by atoms with Gasteiger partial charge in [0, 0.05) is 6.54 Å². The molecule has 110 valence electrons. The second-order valence-electron chi connectivity index (χ2n) is 4.40. The standard InChI is InChI=1S/C13H20N4O2S/c1-3-7-17-12(18)15-16-13(17)20-9-11-6-5-10(19-11)8-14-4-2/h5-6,14H,3-4,7-9H2,1-2H3,(H,15,18). The van der Waals surface area contributed by atoms with Crippen LogP contribution in [0.4, 0.5) is 0 Å².